The number of carboxylic acid groups (broad SMARTS) is 1. The van der Waals surface area contributed by atoms with Gasteiger partial charge in [-0.15, -0.1) is 0 Å². The molecule has 776 valence electrons. The number of hydrogen-bond donors (Lipinski definition) is 21. The van der Waals surface area contributed by atoms with Crippen molar-refractivity contribution in [3.05, 3.63) is 143 Å². The number of aromatic nitrogens is 3. The third kappa shape index (κ3) is 33.6. The van der Waals surface area contributed by atoms with Crippen LogP contribution in [-0.2, 0) is 102 Å². The van der Waals surface area contributed by atoms with E-state index in [1.165, 1.54) is 61.1 Å². The lowest BCUT2D eigenvalue weighted by molar-refractivity contribution is -0.146. The zero-order valence-corrected chi connectivity index (χ0v) is 83.9. The van der Waals surface area contributed by atoms with Crippen LogP contribution in [0.5, 0.6) is 0 Å². The maximum atomic E-state index is 15.3. The maximum absolute atomic E-state index is 15.3. The van der Waals surface area contributed by atoms with Gasteiger partial charge in [0.15, 0.2) is 11.9 Å². The summed E-state index contributed by atoms with van der Waals surface area (Å²) in [5.41, 5.74) is 17.5. The number of rotatable bonds is 51. The summed E-state index contributed by atoms with van der Waals surface area (Å²) in [4.78, 5) is 248. The Balaban J connectivity index is 0.817. The SMILES string of the molecule is CC(C)C[C@H](NC(=O)[C@@H](CCCNC(=N)N)NC(=O)[C@@H]1CCCCN1C(=O)[C@H](CCCCNC(=N)N)NC(=O)[C@H](CCC(N)=O)NC(=O)C(C)(C)C(=O)NCCc1cnc[nH]1)C(=O)NC(C)(C)C(=O)N[C@@H](Cc1cccnc1)C(=O)N[C@@H](CC1CCNCC1)C(=O)NCC(=O)N1[C@H](C(=O)N[C@@H](Cc2ccc(Br)cc2)C(=O)N2CCC[C@H]2C(=O)N[C@H](Cc2ccc(-c3ccccc3)cc2)C(=O)O)C[C@@H]2CCCC[C@@H]21. The summed E-state index contributed by atoms with van der Waals surface area (Å²) in [5, 5.41) is 65.3. The molecule has 4 aliphatic heterocycles. The predicted octanol–water partition coefficient (Wildman–Crippen LogP) is 1.77. The Bertz CT molecular complexity index is 5230. The molecular formula is C100H142BrN25O17. The Hall–Kier alpha value is -13.5. The molecule has 15 amide bonds. The van der Waals surface area contributed by atoms with Crippen LogP contribution in [0.15, 0.2) is 120 Å². The molecular weight excluding hydrogens is 1900 g/mol. The van der Waals surface area contributed by atoms with Crippen molar-refractivity contribution in [2.45, 2.75) is 280 Å². The van der Waals surface area contributed by atoms with Crippen LogP contribution < -0.4 is 91.6 Å². The Kier molecular flexibility index (Phi) is 42.2. The van der Waals surface area contributed by atoms with Crippen molar-refractivity contribution in [3.8, 4) is 11.1 Å². The Morgan fingerprint density at radius 3 is 1.70 bits per heavy atom. The molecule has 0 spiro atoms. The van der Waals surface area contributed by atoms with E-state index >= 15 is 43.2 Å². The molecule has 143 heavy (non-hydrogen) atoms. The number of hydrogen-bond acceptors (Lipinski definition) is 21. The van der Waals surface area contributed by atoms with Crippen LogP contribution in [0.3, 0.4) is 0 Å². The first kappa shape index (κ1) is 111. The van der Waals surface area contributed by atoms with Crippen LogP contribution >= 0.6 is 15.9 Å². The number of unbranched alkanes of at least 4 members (excludes halogenated alkanes) is 1. The number of carbonyl (C=O) groups is 16. The van der Waals surface area contributed by atoms with Gasteiger partial charge in [0, 0.05) is 99.6 Å². The second-order valence-electron chi connectivity index (χ2n) is 39.2. The quantitative estimate of drug-likeness (QED) is 0.0114. The fourth-order valence-corrected chi connectivity index (χ4v) is 19.3. The molecule has 42 nitrogen and oxygen atoms in total. The zero-order valence-electron chi connectivity index (χ0n) is 82.3. The molecule has 0 bridgehead atoms. The molecule has 6 heterocycles. The number of nitrogens with two attached hydrogens (primary N) is 3. The third-order valence-electron chi connectivity index (χ3n) is 27.0. The topological polar surface area (TPSA) is 639 Å². The highest BCUT2D eigenvalue weighted by Gasteiger charge is 2.50. The summed E-state index contributed by atoms with van der Waals surface area (Å²) in [6.07, 6.45) is 11.8. The van der Waals surface area contributed by atoms with Crippen LogP contribution in [0.25, 0.3) is 11.1 Å². The van der Waals surface area contributed by atoms with Crippen molar-refractivity contribution >= 4 is 122 Å². The predicted molar refractivity (Wildman–Crippen MR) is 535 cm³/mol. The summed E-state index contributed by atoms with van der Waals surface area (Å²) in [5.74, 6) is -14.0. The van der Waals surface area contributed by atoms with E-state index < -0.39 is 191 Å². The van der Waals surface area contributed by atoms with E-state index in [4.69, 9.17) is 28.0 Å². The molecule has 1 aliphatic carbocycles. The molecule has 43 heteroatoms. The van der Waals surface area contributed by atoms with Crippen molar-refractivity contribution < 1.29 is 81.8 Å². The summed E-state index contributed by atoms with van der Waals surface area (Å²) in [7, 11) is 0. The molecule has 13 atom stereocenters. The number of aromatic amines is 1. The second kappa shape index (κ2) is 54.1. The summed E-state index contributed by atoms with van der Waals surface area (Å²) >= 11 is 3.48. The van der Waals surface area contributed by atoms with Crippen LogP contribution in [0.4, 0.5) is 0 Å². The first-order valence-corrected chi connectivity index (χ1v) is 50.4. The van der Waals surface area contributed by atoms with Crippen LogP contribution in [0.2, 0.25) is 0 Å². The van der Waals surface area contributed by atoms with Gasteiger partial charge in [-0.05, 0) is 220 Å². The van der Waals surface area contributed by atoms with Crippen molar-refractivity contribution in [2.75, 3.05) is 52.4 Å². The van der Waals surface area contributed by atoms with Crippen molar-refractivity contribution in [1.82, 2.24) is 104 Å². The van der Waals surface area contributed by atoms with Crippen molar-refractivity contribution in [1.29, 1.82) is 10.8 Å². The number of nitrogens with zero attached hydrogens (tertiary/aromatic N) is 5. The fourth-order valence-electron chi connectivity index (χ4n) is 19.0. The smallest absolute Gasteiger partial charge is 0.326 e. The number of amides is 15. The molecule has 5 aromatic rings. The van der Waals surface area contributed by atoms with Crippen LogP contribution in [0.1, 0.15) is 199 Å². The highest BCUT2D eigenvalue weighted by Crippen LogP contribution is 2.40. The number of imidazole rings is 1. The number of H-pyrrole nitrogens is 1. The largest absolute Gasteiger partial charge is 0.480 e. The Morgan fingerprint density at radius 2 is 1.06 bits per heavy atom. The van der Waals surface area contributed by atoms with Crippen molar-refractivity contribution in [2.24, 2.45) is 40.4 Å². The van der Waals surface area contributed by atoms with E-state index in [9.17, 15) is 38.7 Å². The molecule has 10 rings (SSSR count). The average molecular weight is 2050 g/mol. The van der Waals surface area contributed by atoms with Gasteiger partial charge in [0.25, 0.3) is 0 Å². The number of halogens is 1. The average Bonchev–Trinajstić information content (AvgIpc) is 1.62. The molecule has 5 aliphatic rings. The second-order valence-corrected chi connectivity index (χ2v) is 40.2. The van der Waals surface area contributed by atoms with Gasteiger partial charge < -0.3 is 116 Å². The Labute approximate surface area is 841 Å². The number of carboxylic acids is 1. The van der Waals surface area contributed by atoms with E-state index in [0.717, 1.165) is 34.1 Å². The summed E-state index contributed by atoms with van der Waals surface area (Å²) in [6, 6.07) is 12.5. The number of carbonyl (C=O) groups excluding carboxylic acids is 15. The highest BCUT2D eigenvalue weighted by molar-refractivity contribution is 9.10. The summed E-state index contributed by atoms with van der Waals surface area (Å²) in [6.45, 7) is 10.1. The molecule has 4 saturated heterocycles. The van der Waals surface area contributed by atoms with Gasteiger partial charge in [0.1, 0.15) is 77.4 Å². The van der Waals surface area contributed by atoms with E-state index in [1.807, 2.05) is 54.6 Å². The number of pyridine rings is 1. The van der Waals surface area contributed by atoms with E-state index in [1.54, 1.807) is 56.4 Å². The number of nitrogens with one attached hydrogen (secondary N) is 17. The first-order valence-electron chi connectivity index (χ1n) is 49.6. The molecule has 5 fully saturated rings. The zero-order chi connectivity index (χ0) is 104. The highest BCUT2D eigenvalue weighted by atomic mass is 79.9. The minimum atomic E-state index is -1.89. The van der Waals surface area contributed by atoms with Gasteiger partial charge in [-0.25, -0.2) is 9.78 Å². The van der Waals surface area contributed by atoms with Gasteiger partial charge in [-0.1, -0.05) is 115 Å². The minimum absolute atomic E-state index is 0.00258. The number of piperidine rings is 2. The van der Waals surface area contributed by atoms with Crippen LogP contribution in [0, 0.1) is 34.0 Å². The molecule has 1 saturated carbocycles. The number of benzene rings is 3. The van der Waals surface area contributed by atoms with E-state index in [-0.39, 0.29) is 146 Å². The van der Waals surface area contributed by atoms with Gasteiger partial charge >= 0.3 is 5.97 Å². The van der Waals surface area contributed by atoms with Crippen LogP contribution in [-0.4, -0.2) is 272 Å². The number of fused-ring (bicyclic) bond motifs is 1. The number of aliphatic carboxylic acids is 1. The minimum Gasteiger partial charge on any atom is -0.480 e. The van der Waals surface area contributed by atoms with Gasteiger partial charge in [0.05, 0.1) is 12.9 Å². The third-order valence-corrected chi connectivity index (χ3v) is 27.6. The monoisotopic (exact) mass is 2040 g/mol. The lowest BCUT2D eigenvalue weighted by atomic mass is 9.84. The van der Waals surface area contributed by atoms with Gasteiger partial charge in [-0.2, -0.15) is 0 Å². The maximum Gasteiger partial charge on any atom is 0.326 e. The first-order chi connectivity index (χ1) is 68.2. The molecule has 0 unspecified atom stereocenters. The normalized spacial score (nSPS) is 18.6. The number of guanidine groups is 2. The fraction of sp³-hybridized carbons (Fsp3) is 0.560. The van der Waals surface area contributed by atoms with E-state index in [2.05, 4.69) is 105 Å². The summed E-state index contributed by atoms with van der Waals surface area (Å²) < 4.78 is 0.758. The van der Waals surface area contributed by atoms with Gasteiger partial charge in [-0.3, -0.25) is 87.7 Å². The van der Waals surface area contributed by atoms with E-state index in [0.29, 0.717) is 87.6 Å². The van der Waals surface area contributed by atoms with Gasteiger partial charge in [0.2, 0.25) is 88.6 Å². The lowest BCUT2D eigenvalue weighted by Crippen LogP contribution is -2.64. The molecule has 2 aromatic heterocycles. The number of likely N-dealkylation sites (tertiary alicyclic amines) is 3. The molecule has 3 aromatic carbocycles. The number of primary amides is 1. The van der Waals surface area contributed by atoms with Crippen molar-refractivity contribution in [3.63, 3.8) is 0 Å². The Morgan fingerprint density at radius 1 is 0.503 bits per heavy atom. The lowest BCUT2D eigenvalue weighted by Gasteiger charge is -2.38. The standard InChI is InChI=1S/C100H142BrN25O17/c1-59(2)49-72(117-84(130)69(24-17-43-112-98(105)106)115-88(134)78-26-13-15-47-124(78)91(137)71(23-12-14-42-111-97(103)104)116-85(131)70(36-37-81(102)127)121-95(142)99(3,4)94(141)110-46-40-68-56-109-58-114-68)87(133)123-100(5,6)96(143)122-74(53-63-19-16-41-108-55-63)86(132)118-73(50-62-38-44-107-45-39-62)83(129)113-57-82(128)126-77-25-11-10-22-66(77)54-80(126)90(136)119-75(51-61-30-34-67(101)35-31-61)92(138)125-48-18-27-79(125)89(135)120-76(93(139)140)52-60-28-32-65(33-29-60)64-20-8-7-9-21-64/h7-9,16,19-21,28-35,41,55-56,58-59,62,66,69-80,107H,10-15,17-18,22-27,36-40,42-54,57H2,1-6H3,(H2,102,127)(H,109,114)(H,110,141)(H,113,129)(H,115,134)(H,116,131)(H,117,130)(H,118,132)(H,119,136)(H,120,135)(H,121,142)(H,122,143)(H,123,133)(H,139,140)(H4,103,104,111)(H4,105,106,112)/t66-,69+,70-,71-,72-,73-,74-,75-,76+,77-,78-,79-,80-/m0/s1. The molecule has 24 N–H and O–H groups in total. The molecule has 0 radical (unpaired) electrons.